The summed E-state index contributed by atoms with van der Waals surface area (Å²) in [6.07, 6.45) is 2.90. The van der Waals surface area contributed by atoms with Gasteiger partial charge in [0.25, 0.3) is 5.56 Å². The fourth-order valence-corrected chi connectivity index (χ4v) is 3.85. The molecule has 0 saturated carbocycles. The molecular formula is C22H30BFN4O3. The van der Waals surface area contributed by atoms with E-state index in [0.717, 1.165) is 18.7 Å². The van der Waals surface area contributed by atoms with E-state index in [-0.39, 0.29) is 11.1 Å². The summed E-state index contributed by atoms with van der Waals surface area (Å²) in [6.45, 7) is 12.5. The smallest absolute Gasteiger partial charge is 0.398 e. The Morgan fingerprint density at radius 1 is 1.16 bits per heavy atom. The van der Waals surface area contributed by atoms with Gasteiger partial charge in [0.1, 0.15) is 17.2 Å². The van der Waals surface area contributed by atoms with Crippen molar-refractivity contribution in [2.24, 2.45) is 0 Å². The van der Waals surface area contributed by atoms with Crippen molar-refractivity contribution in [1.29, 1.82) is 0 Å². The molecule has 31 heavy (non-hydrogen) atoms. The molecule has 166 valence electrons. The predicted octanol–water partition coefficient (Wildman–Crippen LogP) is 2.70. The first kappa shape index (κ1) is 22.0. The van der Waals surface area contributed by atoms with Gasteiger partial charge in [0.15, 0.2) is 0 Å². The number of nitrogens with zero attached hydrogens (tertiary/aromatic N) is 4. The summed E-state index contributed by atoms with van der Waals surface area (Å²) in [4.78, 5) is 22.5. The number of anilines is 1. The van der Waals surface area contributed by atoms with E-state index in [1.165, 1.54) is 10.5 Å². The maximum absolute atomic E-state index is 15.4. The van der Waals surface area contributed by atoms with Crippen LogP contribution in [0.15, 0.2) is 28.9 Å². The number of piperazine rings is 1. The van der Waals surface area contributed by atoms with E-state index >= 15 is 4.39 Å². The first-order chi connectivity index (χ1) is 14.5. The largest absolute Gasteiger partial charge is 0.525 e. The molecule has 0 atom stereocenters. The molecule has 0 aliphatic carbocycles. The Hall–Kier alpha value is -2.23. The number of rotatable bonds is 3. The van der Waals surface area contributed by atoms with Crippen molar-refractivity contribution < 1.29 is 13.7 Å². The number of halogens is 1. The lowest BCUT2D eigenvalue weighted by atomic mass is 9.87. The molecule has 0 aromatic carbocycles. The lowest BCUT2D eigenvalue weighted by molar-refractivity contribution is 0.00578. The zero-order valence-electron chi connectivity index (χ0n) is 19.1. The van der Waals surface area contributed by atoms with Crippen molar-refractivity contribution in [3.8, 4) is 0 Å². The average molecular weight is 428 g/mol. The normalized spacial score (nSPS) is 21.8. The van der Waals surface area contributed by atoms with Crippen LogP contribution in [0.25, 0.3) is 11.7 Å². The fraction of sp³-hybridized carbons (Fsp3) is 0.545. The maximum Gasteiger partial charge on any atom is 0.525 e. The average Bonchev–Trinajstić information content (AvgIpc) is 2.92. The Balaban J connectivity index is 1.82. The van der Waals surface area contributed by atoms with Gasteiger partial charge in [-0.05, 0) is 59.4 Å². The standard InChI is InChI=1S/C22H30BFN4O3/c1-15-8-7-9-28-18(15)25-19(27-12-10-26(6)11-13-27)16(20(28)29)14-17(24)23-30-21(2,3)22(4,5)31-23/h7-9,14H,10-13H2,1-6H3. The number of aromatic nitrogens is 2. The number of pyridine rings is 1. The van der Waals surface area contributed by atoms with Crippen molar-refractivity contribution in [1.82, 2.24) is 14.3 Å². The van der Waals surface area contributed by atoms with Crippen molar-refractivity contribution in [2.45, 2.75) is 45.8 Å². The second kappa shape index (κ2) is 7.72. The maximum atomic E-state index is 15.4. The van der Waals surface area contributed by atoms with E-state index in [1.807, 2.05) is 40.7 Å². The Labute approximate surface area is 182 Å². The van der Waals surface area contributed by atoms with E-state index in [9.17, 15) is 4.79 Å². The third-order valence-corrected chi connectivity index (χ3v) is 6.63. The molecule has 2 aliphatic rings. The zero-order valence-corrected chi connectivity index (χ0v) is 19.1. The molecule has 2 aromatic heterocycles. The Kier molecular flexibility index (Phi) is 5.48. The highest BCUT2D eigenvalue weighted by Crippen LogP contribution is 2.39. The van der Waals surface area contributed by atoms with Crippen LogP contribution < -0.4 is 10.5 Å². The van der Waals surface area contributed by atoms with E-state index in [4.69, 9.17) is 14.3 Å². The summed E-state index contributed by atoms with van der Waals surface area (Å²) >= 11 is 0. The van der Waals surface area contributed by atoms with Gasteiger partial charge in [0.2, 0.25) is 0 Å². The summed E-state index contributed by atoms with van der Waals surface area (Å²) in [7, 11) is 0.895. The molecule has 2 fully saturated rings. The molecule has 0 amide bonds. The molecule has 0 N–H and O–H groups in total. The van der Waals surface area contributed by atoms with E-state index in [0.29, 0.717) is 24.6 Å². The lowest BCUT2D eigenvalue weighted by Gasteiger charge is -2.34. The molecule has 4 rings (SSSR count). The minimum atomic E-state index is -1.16. The minimum Gasteiger partial charge on any atom is -0.398 e. The van der Waals surface area contributed by atoms with Gasteiger partial charge in [-0.25, -0.2) is 9.37 Å². The first-order valence-electron chi connectivity index (χ1n) is 10.7. The van der Waals surface area contributed by atoms with Gasteiger partial charge in [-0.15, -0.1) is 0 Å². The number of hydrogen-bond donors (Lipinski definition) is 0. The van der Waals surface area contributed by atoms with Crippen LogP contribution in [0, 0.1) is 6.92 Å². The molecule has 0 spiro atoms. The number of fused-ring (bicyclic) bond motifs is 1. The Bertz CT molecular complexity index is 1070. The Morgan fingerprint density at radius 2 is 1.77 bits per heavy atom. The van der Waals surface area contributed by atoms with Crippen LogP contribution >= 0.6 is 0 Å². The zero-order chi connectivity index (χ0) is 22.6. The van der Waals surface area contributed by atoms with Crippen LogP contribution in [0.3, 0.4) is 0 Å². The molecule has 2 aromatic rings. The molecule has 4 heterocycles. The molecule has 2 saturated heterocycles. The molecule has 9 heteroatoms. The van der Waals surface area contributed by atoms with Crippen LogP contribution in [0.1, 0.15) is 38.8 Å². The second-order valence-electron chi connectivity index (χ2n) is 9.45. The van der Waals surface area contributed by atoms with Crippen LogP contribution in [0.5, 0.6) is 0 Å². The first-order valence-corrected chi connectivity index (χ1v) is 10.7. The predicted molar refractivity (Wildman–Crippen MR) is 121 cm³/mol. The highest BCUT2D eigenvalue weighted by Gasteiger charge is 2.53. The van der Waals surface area contributed by atoms with Crippen molar-refractivity contribution >= 4 is 24.7 Å². The third kappa shape index (κ3) is 3.90. The van der Waals surface area contributed by atoms with Gasteiger partial charge in [-0.2, -0.15) is 0 Å². The SMILES string of the molecule is Cc1cccn2c(=O)c(C=C(F)B3OC(C)(C)C(C)(C)O3)c(N3CCN(C)CC3)nc12. The van der Waals surface area contributed by atoms with Crippen molar-refractivity contribution in [3.05, 3.63) is 45.5 Å². The topological polar surface area (TPSA) is 59.3 Å². The molecular weight excluding hydrogens is 398 g/mol. The van der Waals surface area contributed by atoms with Crippen LogP contribution in [0.2, 0.25) is 0 Å². The van der Waals surface area contributed by atoms with E-state index < -0.39 is 24.0 Å². The van der Waals surface area contributed by atoms with Gasteiger partial charge >= 0.3 is 7.12 Å². The van der Waals surface area contributed by atoms with Gasteiger partial charge in [-0.1, -0.05) is 6.07 Å². The van der Waals surface area contributed by atoms with Gasteiger partial charge in [0, 0.05) is 32.4 Å². The van der Waals surface area contributed by atoms with E-state index in [2.05, 4.69) is 16.8 Å². The highest BCUT2D eigenvalue weighted by atomic mass is 19.1. The lowest BCUT2D eigenvalue weighted by Crippen LogP contribution is -2.45. The van der Waals surface area contributed by atoms with Crippen LogP contribution in [-0.4, -0.2) is 65.8 Å². The summed E-state index contributed by atoms with van der Waals surface area (Å²) in [6, 6.07) is 3.70. The van der Waals surface area contributed by atoms with Crippen molar-refractivity contribution in [2.75, 3.05) is 38.1 Å². The van der Waals surface area contributed by atoms with Crippen LogP contribution in [-0.2, 0) is 9.31 Å². The summed E-state index contributed by atoms with van der Waals surface area (Å²) < 4.78 is 28.5. The molecule has 0 radical (unpaired) electrons. The second-order valence-corrected chi connectivity index (χ2v) is 9.45. The quantitative estimate of drug-likeness (QED) is 0.701. The summed E-state index contributed by atoms with van der Waals surface area (Å²) in [5, 5.41) is 0. The van der Waals surface area contributed by atoms with Crippen LogP contribution in [0.4, 0.5) is 10.2 Å². The Morgan fingerprint density at radius 3 is 2.39 bits per heavy atom. The highest BCUT2D eigenvalue weighted by molar-refractivity contribution is 6.54. The number of hydrogen-bond acceptors (Lipinski definition) is 6. The summed E-state index contributed by atoms with van der Waals surface area (Å²) in [5.41, 5.74) is -0.616. The van der Waals surface area contributed by atoms with Crippen molar-refractivity contribution in [3.63, 3.8) is 0 Å². The van der Waals surface area contributed by atoms with E-state index in [1.54, 1.807) is 12.3 Å². The molecule has 7 nitrogen and oxygen atoms in total. The molecule has 0 unspecified atom stereocenters. The summed E-state index contributed by atoms with van der Waals surface area (Å²) in [5.74, 6) is 0.499. The van der Waals surface area contributed by atoms with Gasteiger partial charge in [0.05, 0.1) is 16.8 Å². The molecule has 2 aliphatic heterocycles. The monoisotopic (exact) mass is 428 g/mol. The third-order valence-electron chi connectivity index (χ3n) is 6.63. The fourth-order valence-electron chi connectivity index (χ4n) is 3.85. The van der Waals surface area contributed by atoms with Gasteiger partial charge < -0.3 is 19.1 Å². The molecule has 0 bridgehead atoms. The number of likely N-dealkylation sites (N-methyl/N-ethyl adjacent to an activating group) is 1. The minimum absolute atomic E-state index is 0.208. The number of aryl methyl sites for hydroxylation is 1. The van der Waals surface area contributed by atoms with Gasteiger partial charge in [-0.3, -0.25) is 9.20 Å².